The zero-order valence-electron chi connectivity index (χ0n) is 13.8. The van der Waals surface area contributed by atoms with Crippen LogP contribution in [0.5, 0.6) is 5.75 Å². The van der Waals surface area contributed by atoms with Gasteiger partial charge in [-0.15, -0.1) is 12.4 Å². The van der Waals surface area contributed by atoms with Gasteiger partial charge in [0.15, 0.2) is 0 Å². The van der Waals surface area contributed by atoms with Gasteiger partial charge in [-0.1, -0.05) is 31.4 Å². The summed E-state index contributed by atoms with van der Waals surface area (Å²) >= 11 is 0. The van der Waals surface area contributed by atoms with Crippen molar-refractivity contribution in [3.8, 4) is 5.75 Å². The minimum Gasteiger partial charge on any atom is -0.487 e. The number of nitrogens with one attached hydrogen (secondary N) is 1. The molecular formula is C18H28ClFN2O. The van der Waals surface area contributed by atoms with E-state index in [9.17, 15) is 4.39 Å². The highest BCUT2D eigenvalue weighted by atomic mass is 35.5. The van der Waals surface area contributed by atoms with Gasteiger partial charge in [0.25, 0.3) is 0 Å². The van der Waals surface area contributed by atoms with E-state index in [1.807, 2.05) is 24.3 Å². The molecule has 1 saturated carbocycles. The summed E-state index contributed by atoms with van der Waals surface area (Å²) in [5, 5.41) is 3.70. The Kier molecular flexibility index (Phi) is 9.22. The summed E-state index contributed by atoms with van der Waals surface area (Å²) in [4.78, 5) is 0. The van der Waals surface area contributed by atoms with E-state index in [2.05, 4.69) is 12.2 Å². The molecule has 1 fully saturated rings. The zero-order valence-corrected chi connectivity index (χ0v) is 14.6. The minimum atomic E-state index is -0.334. The second-order valence-electron chi connectivity index (χ2n) is 5.97. The van der Waals surface area contributed by atoms with Gasteiger partial charge in [-0.25, -0.2) is 4.39 Å². The SMILES string of the molecule is CC(NC1CCCCC1)c1ccc(OCC(F)=CCN)cc1.Cl. The van der Waals surface area contributed by atoms with Crippen LogP contribution in [-0.2, 0) is 0 Å². The van der Waals surface area contributed by atoms with Crippen LogP contribution in [0.25, 0.3) is 0 Å². The third kappa shape index (κ3) is 6.90. The van der Waals surface area contributed by atoms with Crippen molar-refractivity contribution in [1.29, 1.82) is 0 Å². The van der Waals surface area contributed by atoms with E-state index in [1.165, 1.54) is 43.7 Å². The van der Waals surface area contributed by atoms with Gasteiger partial charge < -0.3 is 15.8 Å². The second-order valence-corrected chi connectivity index (χ2v) is 5.97. The summed E-state index contributed by atoms with van der Waals surface area (Å²) in [6.07, 6.45) is 7.91. The second kappa shape index (κ2) is 10.6. The van der Waals surface area contributed by atoms with Crippen LogP contribution in [0, 0.1) is 0 Å². The molecule has 0 heterocycles. The number of rotatable bonds is 7. The first kappa shape index (κ1) is 19.9. The third-order valence-electron chi connectivity index (χ3n) is 4.19. The molecule has 1 aromatic carbocycles. The summed E-state index contributed by atoms with van der Waals surface area (Å²) in [7, 11) is 0. The molecule has 5 heteroatoms. The summed E-state index contributed by atoms with van der Waals surface area (Å²) in [5.74, 6) is 0.341. The molecule has 0 radical (unpaired) electrons. The van der Waals surface area contributed by atoms with E-state index in [1.54, 1.807) is 0 Å². The fourth-order valence-corrected chi connectivity index (χ4v) is 2.91. The molecule has 130 valence electrons. The fraction of sp³-hybridized carbons (Fsp3) is 0.556. The molecule has 23 heavy (non-hydrogen) atoms. The quantitative estimate of drug-likeness (QED) is 0.777. The molecular weight excluding hydrogens is 315 g/mol. The lowest BCUT2D eigenvalue weighted by molar-refractivity contribution is 0.318. The van der Waals surface area contributed by atoms with Crippen LogP contribution in [0.2, 0.25) is 0 Å². The predicted molar refractivity (Wildman–Crippen MR) is 95.9 cm³/mol. The van der Waals surface area contributed by atoms with Crippen LogP contribution >= 0.6 is 12.4 Å². The first-order valence-electron chi connectivity index (χ1n) is 8.22. The Hall–Kier alpha value is -1.10. The summed E-state index contributed by atoms with van der Waals surface area (Å²) < 4.78 is 18.6. The lowest BCUT2D eigenvalue weighted by Crippen LogP contribution is -2.33. The molecule has 0 saturated heterocycles. The van der Waals surface area contributed by atoms with Crippen molar-refractivity contribution < 1.29 is 9.13 Å². The average molecular weight is 343 g/mol. The van der Waals surface area contributed by atoms with Crippen LogP contribution in [0.3, 0.4) is 0 Å². The van der Waals surface area contributed by atoms with E-state index >= 15 is 0 Å². The van der Waals surface area contributed by atoms with Crippen LogP contribution in [0.4, 0.5) is 4.39 Å². The van der Waals surface area contributed by atoms with Crippen molar-refractivity contribution in [3.63, 3.8) is 0 Å². The number of hydrogen-bond acceptors (Lipinski definition) is 3. The van der Waals surface area contributed by atoms with Gasteiger partial charge in [0.1, 0.15) is 18.2 Å². The smallest absolute Gasteiger partial charge is 0.139 e. The highest BCUT2D eigenvalue weighted by Crippen LogP contribution is 2.23. The third-order valence-corrected chi connectivity index (χ3v) is 4.19. The number of halogens is 2. The van der Waals surface area contributed by atoms with Crippen molar-refractivity contribution in [3.05, 3.63) is 41.7 Å². The van der Waals surface area contributed by atoms with Gasteiger partial charge in [0.2, 0.25) is 0 Å². The molecule has 0 amide bonds. The van der Waals surface area contributed by atoms with Crippen molar-refractivity contribution in [1.82, 2.24) is 5.32 Å². The molecule has 0 aromatic heterocycles. The fourth-order valence-electron chi connectivity index (χ4n) is 2.91. The molecule has 3 N–H and O–H groups in total. The normalized spacial score (nSPS) is 17.4. The monoisotopic (exact) mass is 342 g/mol. The van der Waals surface area contributed by atoms with E-state index in [-0.39, 0.29) is 31.4 Å². The topological polar surface area (TPSA) is 47.3 Å². The van der Waals surface area contributed by atoms with Gasteiger partial charge in [-0.2, -0.15) is 0 Å². The molecule has 0 spiro atoms. The number of nitrogens with two attached hydrogens (primary N) is 1. The minimum absolute atomic E-state index is 0. The van der Waals surface area contributed by atoms with Crippen LogP contribution < -0.4 is 15.8 Å². The number of hydrogen-bond donors (Lipinski definition) is 2. The largest absolute Gasteiger partial charge is 0.487 e. The molecule has 1 aliphatic carbocycles. The van der Waals surface area contributed by atoms with E-state index in [0.29, 0.717) is 17.8 Å². The standard InChI is InChI=1S/C18H27FN2O.ClH/c1-14(21-17-5-3-2-4-6-17)15-7-9-18(10-8-15)22-13-16(19)11-12-20;/h7-11,14,17,21H,2-6,12-13,20H2,1H3;1H. The van der Waals surface area contributed by atoms with Gasteiger partial charge in [0.05, 0.1) is 0 Å². The first-order valence-corrected chi connectivity index (χ1v) is 8.22. The molecule has 1 atom stereocenters. The Morgan fingerprint density at radius 1 is 1.30 bits per heavy atom. The molecule has 1 aliphatic rings. The van der Waals surface area contributed by atoms with Crippen molar-refractivity contribution in [2.75, 3.05) is 13.2 Å². The molecule has 3 nitrogen and oxygen atoms in total. The van der Waals surface area contributed by atoms with Gasteiger partial charge in [-0.3, -0.25) is 0 Å². The maximum atomic E-state index is 13.2. The summed E-state index contributed by atoms with van der Waals surface area (Å²) in [5.41, 5.74) is 6.48. The maximum Gasteiger partial charge on any atom is 0.139 e. The number of ether oxygens (including phenoxy) is 1. The Balaban J connectivity index is 0.00000264. The molecule has 1 unspecified atom stereocenters. The van der Waals surface area contributed by atoms with Gasteiger partial charge in [-0.05, 0) is 43.5 Å². The Bertz CT molecular complexity index is 472. The van der Waals surface area contributed by atoms with Crippen molar-refractivity contribution >= 4 is 12.4 Å². The number of benzene rings is 1. The van der Waals surface area contributed by atoms with Gasteiger partial charge in [0, 0.05) is 18.6 Å². The van der Waals surface area contributed by atoms with Crippen LogP contribution in [0.15, 0.2) is 36.2 Å². The molecule has 1 aromatic rings. The first-order chi connectivity index (χ1) is 10.7. The zero-order chi connectivity index (χ0) is 15.8. The van der Waals surface area contributed by atoms with Crippen LogP contribution in [-0.4, -0.2) is 19.2 Å². The molecule has 0 bridgehead atoms. The van der Waals surface area contributed by atoms with Crippen molar-refractivity contribution in [2.45, 2.75) is 51.1 Å². The average Bonchev–Trinajstić information content (AvgIpc) is 2.54. The van der Waals surface area contributed by atoms with Crippen LogP contribution in [0.1, 0.15) is 50.6 Å². The van der Waals surface area contributed by atoms with Crippen molar-refractivity contribution in [2.24, 2.45) is 5.73 Å². The predicted octanol–water partition coefficient (Wildman–Crippen LogP) is 4.28. The molecule has 2 rings (SSSR count). The maximum absolute atomic E-state index is 13.2. The highest BCUT2D eigenvalue weighted by molar-refractivity contribution is 5.85. The highest BCUT2D eigenvalue weighted by Gasteiger charge is 2.16. The Labute approximate surface area is 144 Å². The Morgan fingerprint density at radius 3 is 2.57 bits per heavy atom. The summed E-state index contributed by atoms with van der Waals surface area (Å²) in [6, 6.07) is 8.83. The van der Waals surface area contributed by atoms with Gasteiger partial charge >= 0.3 is 0 Å². The lowest BCUT2D eigenvalue weighted by Gasteiger charge is -2.27. The summed E-state index contributed by atoms with van der Waals surface area (Å²) in [6.45, 7) is 2.32. The van der Waals surface area contributed by atoms with E-state index < -0.39 is 0 Å². The van der Waals surface area contributed by atoms with E-state index in [0.717, 1.165) is 0 Å². The van der Waals surface area contributed by atoms with E-state index in [4.69, 9.17) is 10.5 Å². The lowest BCUT2D eigenvalue weighted by atomic mass is 9.94. The Morgan fingerprint density at radius 2 is 1.96 bits per heavy atom. The molecule has 0 aliphatic heterocycles.